The number of hydrogen-bond donors (Lipinski definition) is 4. The molecule has 0 aliphatic rings. The van der Waals surface area contributed by atoms with E-state index in [0.717, 1.165) is 103 Å². The van der Waals surface area contributed by atoms with Crippen molar-refractivity contribution in [3.05, 3.63) is 48.6 Å². The van der Waals surface area contributed by atoms with Crippen molar-refractivity contribution in [3.8, 4) is 0 Å². The number of amides is 5. The third kappa shape index (κ3) is 62.4. The van der Waals surface area contributed by atoms with Crippen molar-refractivity contribution in [2.24, 2.45) is 39.9 Å². The zero-order valence-corrected chi connectivity index (χ0v) is 85.7. The van der Waals surface area contributed by atoms with Crippen molar-refractivity contribution < 1.29 is 57.4 Å². The molecule has 0 rings (SSSR count). The predicted molar refractivity (Wildman–Crippen MR) is 529 cm³/mol. The molecule has 4 atom stereocenters. The molecule has 0 aliphatic heterocycles. The molecule has 0 aromatic carbocycles. The van der Waals surface area contributed by atoms with Gasteiger partial charge in [-0.05, 0) is 166 Å². The Morgan fingerprint density at radius 3 is 1.03 bits per heavy atom. The first-order valence-corrected chi connectivity index (χ1v) is 50.2. The third-order valence-corrected chi connectivity index (χ3v) is 25.2. The maximum absolute atomic E-state index is 15.9. The smallest absolute Gasteiger partial charge is 0.307 e. The normalized spacial score (nSPS) is 13.3. The second-order valence-electron chi connectivity index (χ2n) is 38.9. The lowest BCUT2D eigenvalue weighted by molar-refractivity contribution is -0.145. The summed E-state index contributed by atoms with van der Waals surface area (Å²) in [5.74, 6) is -6.30. The molecule has 0 aromatic heterocycles. The van der Waals surface area contributed by atoms with Crippen LogP contribution in [0.2, 0.25) is 0 Å². The maximum atomic E-state index is 15.9. The van der Waals surface area contributed by atoms with Crippen LogP contribution in [0.1, 0.15) is 300 Å². The number of ketones is 3. The van der Waals surface area contributed by atoms with E-state index in [0.29, 0.717) is 118 Å². The van der Waals surface area contributed by atoms with Gasteiger partial charge in [0.15, 0.2) is 0 Å². The van der Waals surface area contributed by atoms with Gasteiger partial charge in [0.2, 0.25) is 29.5 Å². The highest BCUT2D eigenvalue weighted by Crippen LogP contribution is 2.41. The van der Waals surface area contributed by atoms with Crippen LogP contribution >= 0.6 is 0 Å². The van der Waals surface area contributed by atoms with E-state index in [-0.39, 0.29) is 111 Å². The lowest BCUT2D eigenvalue weighted by Gasteiger charge is -2.36. The fourth-order valence-electron chi connectivity index (χ4n) is 15.5. The minimum absolute atomic E-state index is 0.0266. The van der Waals surface area contributed by atoms with Gasteiger partial charge in [0.1, 0.15) is 17.3 Å². The second kappa shape index (κ2) is 75.4. The van der Waals surface area contributed by atoms with Crippen LogP contribution in [0.5, 0.6) is 0 Å². The molecule has 25 nitrogen and oxygen atoms in total. The van der Waals surface area contributed by atoms with Gasteiger partial charge in [-0.3, -0.25) is 47.9 Å². The van der Waals surface area contributed by atoms with E-state index >= 15 is 14.4 Å². The lowest BCUT2D eigenvalue weighted by atomic mass is 9.67. The Morgan fingerprint density at radius 2 is 0.625 bits per heavy atom. The zero-order chi connectivity index (χ0) is 96.0. The first-order valence-electron chi connectivity index (χ1n) is 50.2. The van der Waals surface area contributed by atoms with Crippen molar-refractivity contribution >= 4 is 58.8 Å². The Bertz CT molecular complexity index is 3110. The molecule has 0 saturated carbocycles. The number of likely N-dealkylation sites (N-methyl/N-ethyl adjacent to an activating group) is 11. The van der Waals surface area contributed by atoms with Crippen molar-refractivity contribution in [3.63, 3.8) is 0 Å². The average molecular weight is 1810 g/mol. The molecule has 0 radical (unpaired) electrons. The minimum atomic E-state index is -1.35. The summed E-state index contributed by atoms with van der Waals surface area (Å²) in [4.78, 5) is 161. The highest BCUT2D eigenvalue weighted by atomic mass is 16.5. The summed E-state index contributed by atoms with van der Waals surface area (Å²) < 4.78 is 11.2. The number of unbranched alkanes of at least 4 members (excludes halogenated alkanes) is 19. The summed E-state index contributed by atoms with van der Waals surface area (Å²) in [5, 5.41) is 12.4. The number of allylic oxidation sites excluding steroid dienone is 8. The zero-order valence-electron chi connectivity index (χ0n) is 85.7. The first-order chi connectivity index (χ1) is 60.9. The molecule has 0 spiro atoms. The molecule has 5 amide bonds. The molecule has 4 N–H and O–H groups in total. The van der Waals surface area contributed by atoms with Crippen molar-refractivity contribution in [1.82, 2.24) is 65.4 Å². The first kappa shape index (κ1) is 122. The quantitative estimate of drug-likeness (QED) is 0.0250. The van der Waals surface area contributed by atoms with Gasteiger partial charge in [0, 0.05) is 211 Å². The average Bonchev–Trinajstić information content (AvgIpc) is 0.799. The largest absolute Gasteiger partial charge is 0.466 e. The summed E-state index contributed by atoms with van der Waals surface area (Å²) in [7, 11) is 20.8. The summed E-state index contributed by atoms with van der Waals surface area (Å²) in [6.07, 6.45) is 47.6. The maximum Gasteiger partial charge on any atom is 0.307 e. The summed E-state index contributed by atoms with van der Waals surface area (Å²) in [6.45, 7) is 30.8. The fourth-order valence-corrected chi connectivity index (χ4v) is 15.5. The Balaban J connectivity index is 6.61. The van der Waals surface area contributed by atoms with E-state index in [1.807, 2.05) is 70.2 Å². The Morgan fingerprint density at radius 1 is 0.312 bits per heavy atom. The molecule has 0 fully saturated rings. The van der Waals surface area contributed by atoms with Crippen LogP contribution in [-0.2, 0) is 57.4 Å². The van der Waals surface area contributed by atoms with Crippen LogP contribution in [-0.4, -0.2) is 318 Å². The molecule has 742 valence electrons. The molecule has 25 heteroatoms. The van der Waals surface area contributed by atoms with Crippen LogP contribution in [0.15, 0.2) is 48.6 Å². The summed E-state index contributed by atoms with van der Waals surface area (Å²) in [6, 6.07) is 0. The molecule has 0 aromatic rings. The van der Waals surface area contributed by atoms with Crippen molar-refractivity contribution in [2.45, 2.75) is 300 Å². The molecular weight excluding hydrogens is 1610 g/mol. The van der Waals surface area contributed by atoms with Gasteiger partial charge >= 0.3 is 11.9 Å². The number of ether oxygens (including phenoxy) is 2. The number of carbonyl (C=O) groups excluding carboxylic acids is 10. The van der Waals surface area contributed by atoms with Crippen LogP contribution in [0, 0.1) is 39.9 Å². The highest BCUT2D eigenvalue weighted by molar-refractivity contribution is 5.95. The number of esters is 2. The van der Waals surface area contributed by atoms with E-state index < -0.39 is 45.8 Å². The van der Waals surface area contributed by atoms with E-state index in [1.54, 1.807) is 77.4 Å². The van der Waals surface area contributed by atoms with Gasteiger partial charge in [0.05, 0.1) is 26.1 Å². The molecule has 128 heavy (non-hydrogen) atoms. The number of carbonyl (C=O) groups is 10. The highest BCUT2D eigenvalue weighted by Gasteiger charge is 2.45. The fraction of sp³-hybridized carbons (Fsp3) is 0.825. The lowest BCUT2D eigenvalue weighted by Crippen LogP contribution is -2.45. The monoisotopic (exact) mass is 1800 g/mol. The van der Waals surface area contributed by atoms with E-state index in [4.69, 9.17) is 9.47 Å². The van der Waals surface area contributed by atoms with Gasteiger partial charge in [-0.25, -0.2) is 0 Å². The molecule has 0 aliphatic carbocycles. The van der Waals surface area contributed by atoms with Crippen molar-refractivity contribution in [1.29, 1.82) is 0 Å². The minimum Gasteiger partial charge on any atom is -0.466 e. The summed E-state index contributed by atoms with van der Waals surface area (Å²) >= 11 is 0. The van der Waals surface area contributed by atoms with Crippen LogP contribution in [0.25, 0.3) is 0 Å². The summed E-state index contributed by atoms with van der Waals surface area (Å²) in [5.41, 5.74) is -3.78. The van der Waals surface area contributed by atoms with Crippen LogP contribution in [0.4, 0.5) is 0 Å². The van der Waals surface area contributed by atoms with E-state index in [1.165, 1.54) is 89.9 Å². The topological polar surface area (TPSA) is 266 Å². The second-order valence-corrected chi connectivity index (χ2v) is 38.9. The van der Waals surface area contributed by atoms with Gasteiger partial charge in [-0.15, -0.1) is 0 Å². The molecular formula is C103H193N13O12. The Kier molecular flexibility index (Phi) is 71.8. The number of rotatable bonds is 85. The molecule has 0 heterocycles. The third-order valence-electron chi connectivity index (χ3n) is 25.2. The molecule has 0 bridgehead atoms. The molecule has 0 saturated heterocycles. The number of nitrogens with one attached hydrogen (secondary N) is 4. The van der Waals surface area contributed by atoms with Gasteiger partial charge in [-0.1, -0.05) is 201 Å². The SMILES string of the molecule is CCCCC/C=C\C/C=C\CCCCCCCCOC(=O)CCN(C)CCN(C)CCN(C)C(=O)CC(CC(C)(C)C(=O)CC(CC)C(=O)N(C)CCN(C)CCN(C)CCC(=O)OCCCCCCCC/C=C\C/C=C\CCCCC)C(=O)C(C)(C)CC(CC(=O)C(C)(C)CC(CC(=O)N(C)CCN(C)CCNC)C(=O)NCCCC)C(=O)NCCN(C)CCNC. The molecule has 4 unspecified atom stereocenters. The number of Topliss-reactive ketones (excluding diaryl/α,β-unsaturated/α-hetero) is 3. The Labute approximate surface area is 781 Å². The van der Waals surface area contributed by atoms with Crippen molar-refractivity contribution in [2.75, 3.05) is 215 Å². The van der Waals surface area contributed by atoms with Crippen LogP contribution in [0.3, 0.4) is 0 Å². The number of nitrogens with zero attached hydrogens (tertiary/aromatic N) is 9. The number of hydrogen-bond acceptors (Lipinski definition) is 20. The van der Waals surface area contributed by atoms with Crippen LogP contribution < -0.4 is 21.3 Å². The standard InChI is InChI=1S/C103H193N13O12/c1-22-26-29-31-33-35-37-39-41-43-45-47-49-51-53-55-78-127-95(121)57-63-108(13)68-70-112(17)73-76-114(19)93(119)82-88(84-101(5,6)91(117)80-87(25-4)100(126)116(21)77-74-113(18)71-69-109(14)64-58-96(122)128-79-56-54-52-50-48-46-44-42-40-38-36-34-32-30-27-23-2)97(123)103(9,10)86-89(98(124)107-62-67-110(15)65-60-104-11)81-92(118)102(7,8)85-90(99(125)106-59-28-24-3)83-94(120)115(20)75-72-111(16)66-61-105-12/h33-36,39-42,87-90,104-105H,22-32,37-38,43-86H2,1-21H3,(H,106,125)(H,107,124)/b35-33-,36-34-,41-39-,42-40-. The predicted octanol–water partition coefficient (Wildman–Crippen LogP) is 15.3. The van der Waals surface area contributed by atoms with Gasteiger partial charge in [0.25, 0.3) is 0 Å². The van der Waals surface area contributed by atoms with E-state index in [9.17, 15) is 33.6 Å². The van der Waals surface area contributed by atoms with Gasteiger partial charge < -0.3 is 74.8 Å². The van der Waals surface area contributed by atoms with Gasteiger partial charge in [-0.2, -0.15) is 0 Å². The Hall–Kier alpha value is -6.06. The van der Waals surface area contributed by atoms with E-state index in [2.05, 4.69) is 113 Å².